The van der Waals surface area contributed by atoms with Gasteiger partial charge in [-0.05, 0) is 30.5 Å². The van der Waals surface area contributed by atoms with Crippen LogP contribution in [0.1, 0.15) is 32.5 Å². The smallest absolute Gasteiger partial charge is 0.148 e. The van der Waals surface area contributed by atoms with E-state index in [1.807, 2.05) is 36.7 Å². The molecule has 0 aliphatic heterocycles. The van der Waals surface area contributed by atoms with Gasteiger partial charge in [-0.15, -0.1) is 0 Å². The van der Waals surface area contributed by atoms with Crippen LogP contribution in [0.4, 0.5) is 0 Å². The van der Waals surface area contributed by atoms with Gasteiger partial charge in [-0.1, -0.05) is 41.9 Å². The number of nitrogens with two attached hydrogens (primary N) is 1. The lowest BCUT2D eigenvalue weighted by atomic mass is 9.93. The second kappa shape index (κ2) is 5.80. The van der Waals surface area contributed by atoms with Gasteiger partial charge in [0.15, 0.2) is 0 Å². The number of aromatic nitrogens is 2. The molecule has 2 aromatic rings. The molecule has 4 heteroatoms. The molecule has 0 unspecified atom stereocenters. The van der Waals surface area contributed by atoms with Crippen molar-refractivity contribution in [2.45, 2.75) is 32.2 Å². The fraction of sp³-hybridized carbons (Fsp3) is 0.333. The molecule has 3 nitrogen and oxygen atoms in total. The summed E-state index contributed by atoms with van der Waals surface area (Å²) in [5.74, 6) is 0.719. The van der Waals surface area contributed by atoms with Gasteiger partial charge in [0.25, 0.3) is 0 Å². The van der Waals surface area contributed by atoms with E-state index in [1.54, 1.807) is 0 Å². The van der Waals surface area contributed by atoms with Gasteiger partial charge < -0.3 is 5.73 Å². The summed E-state index contributed by atoms with van der Waals surface area (Å²) >= 11 is 3.47. The van der Waals surface area contributed by atoms with Crippen molar-refractivity contribution in [1.82, 2.24) is 9.97 Å². The van der Waals surface area contributed by atoms with Crippen LogP contribution < -0.4 is 5.73 Å². The van der Waals surface area contributed by atoms with Crippen molar-refractivity contribution in [3.63, 3.8) is 0 Å². The minimum absolute atomic E-state index is 0.421. The second-order valence-corrected chi connectivity index (χ2v) is 5.58. The monoisotopic (exact) mass is 319 g/mol. The summed E-state index contributed by atoms with van der Waals surface area (Å²) in [5.41, 5.74) is 7.97. The van der Waals surface area contributed by atoms with Gasteiger partial charge >= 0.3 is 0 Å². The van der Waals surface area contributed by atoms with E-state index in [9.17, 15) is 0 Å². The highest BCUT2D eigenvalue weighted by Crippen LogP contribution is 2.25. The Labute approximate surface area is 122 Å². The fourth-order valence-electron chi connectivity index (χ4n) is 1.97. The molecule has 0 saturated heterocycles. The van der Waals surface area contributed by atoms with Crippen molar-refractivity contribution in [2.75, 3.05) is 0 Å². The Balaban J connectivity index is 2.33. The maximum Gasteiger partial charge on any atom is 0.148 e. The average Bonchev–Trinajstić information content (AvgIpc) is 2.46. The Morgan fingerprint density at radius 2 is 1.74 bits per heavy atom. The van der Waals surface area contributed by atoms with E-state index in [2.05, 4.69) is 39.7 Å². The first kappa shape index (κ1) is 14.2. The Morgan fingerprint density at radius 1 is 1.11 bits per heavy atom. The topological polar surface area (TPSA) is 51.8 Å². The zero-order valence-electron chi connectivity index (χ0n) is 11.2. The normalized spacial score (nSPS) is 11.6. The van der Waals surface area contributed by atoms with Gasteiger partial charge in [-0.3, -0.25) is 0 Å². The van der Waals surface area contributed by atoms with E-state index in [0.717, 1.165) is 34.3 Å². The summed E-state index contributed by atoms with van der Waals surface area (Å²) in [6, 6.07) is 8.09. The summed E-state index contributed by atoms with van der Waals surface area (Å²) < 4.78 is 1.05. The van der Waals surface area contributed by atoms with Gasteiger partial charge in [0, 0.05) is 22.4 Å². The molecule has 2 rings (SSSR count). The van der Waals surface area contributed by atoms with Crippen LogP contribution in [-0.4, -0.2) is 9.97 Å². The summed E-state index contributed by atoms with van der Waals surface area (Å²) in [6.45, 7) is 4.13. The summed E-state index contributed by atoms with van der Waals surface area (Å²) in [5, 5.41) is 0. The van der Waals surface area contributed by atoms with Crippen molar-refractivity contribution in [3.8, 4) is 11.1 Å². The Morgan fingerprint density at radius 3 is 2.26 bits per heavy atom. The zero-order chi connectivity index (χ0) is 13.9. The van der Waals surface area contributed by atoms with Crippen molar-refractivity contribution in [3.05, 3.63) is 47.0 Å². The molecule has 2 N–H and O–H groups in total. The molecular formula is C15H18BrN3. The molecule has 0 spiro atoms. The first-order valence-corrected chi connectivity index (χ1v) is 7.25. The van der Waals surface area contributed by atoms with Crippen LogP contribution in [0, 0.1) is 0 Å². The number of hydrogen-bond acceptors (Lipinski definition) is 3. The standard InChI is InChI=1S/C15H18BrN3/c1-3-15(17,4-2)14-18-9-12(10-19-14)11-6-5-7-13(16)8-11/h5-10H,3-4,17H2,1-2H3. The van der Waals surface area contributed by atoms with Crippen LogP contribution in [-0.2, 0) is 5.54 Å². The van der Waals surface area contributed by atoms with Crippen LogP contribution in [0.25, 0.3) is 11.1 Å². The van der Waals surface area contributed by atoms with E-state index in [-0.39, 0.29) is 0 Å². The third-order valence-electron chi connectivity index (χ3n) is 3.52. The van der Waals surface area contributed by atoms with Gasteiger partial charge in [-0.25, -0.2) is 9.97 Å². The predicted molar refractivity (Wildman–Crippen MR) is 81.6 cm³/mol. The highest BCUT2D eigenvalue weighted by atomic mass is 79.9. The first-order chi connectivity index (χ1) is 9.09. The Hall–Kier alpha value is -1.26. The lowest BCUT2D eigenvalue weighted by molar-refractivity contribution is 0.387. The Kier molecular flexibility index (Phi) is 4.32. The van der Waals surface area contributed by atoms with E-state index < -0.39 is 5.54 Å². The molecule has 0 aliphatic carbocycles. The molecule has 0 radical (unpaired) electrons. The van der Waals surface area contributed by atoms with Crippen LogP contribution in [0.5, 0.6) is 0 Å². The van der Waals surface area contributed by atoms with Crippen LogP contribution in [0.2, 0.25) is 0 Å². The molecule has 1 aromatic heterocycles. The van der Waals surface area contributed by atoms with Crippen LogP contribution in [0.3, 0.4) is 0 Å². The van der Waals surface area contributed by atoms with Gasteiger partial charge in [0.2, 0.25) is 0 Å². The third-order valence-corrected chi connectivity index (χ3v) is 4.01. The van der Waals surface area contributed by atoms with Crippen molar-refractivity contribution in [2.24, 2.45) is 5.73 Å². The maximum atomic E-state index is 6.30. The van der Waals surface area contributed by atoms with Gasteiger partial charge in [-0.2, -0.15) is 0 Å². The maximum absolute atomic E-state index is 6.30. The van der Waals surface area contributed by atoms with Crippen LogP contribution in [0.15, 0.2) is 41.1 Å². The van der Waals surface area contributed by atoms with Crippen LogP contribution >= 0.6 is 15.9 Å². The average molecular weight is 320 g/mol. The SMILES string of the molecule is CCC(N)(CC)c1ncc(-c2cccc(Br)c2)cn1. The van der Waals surface area contributed by atoms with E-state index in [1.165, 1.54) is 0 Å². The van der Waals surface area contributed by atoms with E-state index in [4.69, 9.17) is 5.73 Å². The predicted octanol–water partition coefficient (Wildman–Crippen LogP) is 3.88. The molecule has 0 aliphatic rings. The molecule has 100 valence electrons. The summed E-state index contributed by atoms with van der Waals surface area (Å²) in [4.78, 5) is 8.89. The molecule has 1 heterocycles. The summed E-state index contributed by atoms with van der Waals surface area (Å²) in [7, 11) is 0. The molecule has 0 atom stereocenters. The third kappa shape index (κ3) is 3.01. The van der Waals surface area contributed by atoms with E-state index in [0.29, 0.717) is 0 Å². The number of nitrogens with zero attached hydrogens (tertiary/aromatic N) is 2. The quantitative estimate of drug-likeness (QED) is 0.930. The minimum Gasteiger partial charge on any atom is -0.319 e. The largest absolute Gasteiger partial charge is 0.319 e. The summed E-state index contributed by atoms with van der Waals surface area (Å²) in [6.07, 6.45) is 5.35. The van der Waals surface area contributed by atoms with Gasteiger partial charge in [0.05, 0.1) is 5.54 Å². The van der Waals surface area contributed by atoms with E-state index >= 15 is 0 Å². The van der Waals surface area contributed by atoms with Crippen molar-refractivity contribution >= 4 is 15.9 Å². The molecule has 1 aromatic carbocycles. The zero-order valence-corrected chi connectivity index (χ0v) is 12.8. The second-order valence-electron chi connectivity index (χ2n) is 4.67. The highest BCUT2D eigenvalue weighted by Gasteiger charge is 2.25. The number of rotatable bonds is 4. The molecule has 0 amide bonds. The number of halogens is 1. The molecule has 0 saturated carbocycles. The minimum atomic E-state index is -0.421. The number of benzene rings is 1. The molecule has 0 bridgehead atoms. The number of hydrogen-bond donors (Lipinski definition) is 1. The Bertz CT molecular complexity index is 548. The highest BCUT2D eigenvalue weighted by molar-refractivity contribution is 9.10. The molecular weight excluding hydrogens is 302 g/mol. The molecule has 19 heavy (non-hydrogen) atoms. The molecule has 0 fully saturated rings. The van der Waals surface area contributed by atoms with Gasteiger partial charge in [0.1, 0.15) is 5.82 Å². The van der Waals surface area contributed by atoms with Crippen molar-refractivity contribution < 1.29 is 0 Å². The lowest BCUT2D eigenvalue weighted by Crippen LogP contribution is -2.37. The first-order valence-electron chi connectivity index (χ1n) is 6.46. The lowest BCUT2D eigenvalue weighted by Gasteiger charge is -2.24. The van der Waals surface area contributed by atoms with Crippen molar-refractivity contribution in [1.29, 1.82) is 0 Å². The fourth-order valence-corrected chi connectivity index (χ4v) is 2.37.